The quantitative estimate of drug-likeness (QED) is 0.399. The molecule has 2 aliphatic carbocycles. The van der Waals surface area contributed by atoms with Crippen molar-refractivity contribution in [3.05, 3.63) is 54.0 Å². The van der Waals surface area contributed by atoms with Crippen LogP contribution in [-0.2, 0) is 15.9 Å². The van der Waals surface area contributed by atoms with Gasteiger partial charge in [0.05, 0.1) is 23.0 Å². The first-order chi connectivity index (χ1) is 17.7. The maximum absolute atomic E-state index is 6.58. The number of nitrogens with two attached hydrogens (primary N) is 2. The third-order valence-electron chi connectivity index (χ3n) is 8.93. The number of hydrogen-bond donors (Lipinski definition) is 2. The summed E-state index contributed by atoms with van der Waals surface area (Å²) in [6, 6.07) is 11.0. The van der Waals surface area contributed by atoms with Gasteiger partial charge in [0.1, 0.15) is 29.7 Å². The maximum atomic E-state index is 6.58. The van der Waals surface area contributed by atoms with Crippen LogP contribution in [-0.4, -0.2) is 37.5 Å². The molecule has 4 N–H and O–H groups in total. The fraction of sp³-hybridized carbons (Fsp3) is 0.483. The van der Waals surface area contributed by atoms with Gasteiger partial charge in [0.2, 0.25) is 0 Å². The lowest BCUT2D eigenvalue weighted by molar-refractivity contribution is -0.161. The van der Waals surface area contributed by atoms with Crippen LogP contribution < -0.4 is 11.5 Å². The van der Waals surface area contributed by atoms with E-state index >= 15 is 0 Å². The van der Waals surface area contributed by atoms with E-state index in [1.807, 2.05) is 19.9 Å². The Hall–Kier alpha value is -3.23. The lowest BCUT2D eigenvalue weighted by atomic mass is 9.91. The fourth-order valence-corrected chi connectivity index (χ4v) is 7.10. The molecule has 7 rings (SSSR count). The normalized spacial score (nSPS) is 29.8. The summed E-state index contributed by atoms with van der Waals surface area (Å²) in [5, 5.41) is 2.03. The SMILES string of the molecule is CC(C)c1cc2ccc(CC[C@@]34C[C@@H]3[C@@H](n3ccc5c(N)ncnc53)[C@@H]3OC(C)(C)O[C@@H]34)cc2nc1N. The minimum atomic E-state index is -0.608. The van der Waals surface area contributed by atoms with E-state index in [2.05, 4.69) is 58.8 Å². The van der Waals surface area contributed by atoms with Crippen LogP contribution in [0.4, 0.5) is 11.6 Å². The highest BCUT2D eigenvalue weighted by Gasteiger charge is 2.75. The number of hydrogen-bond acceptors (Lipinski definition) is 7. The summed E-state index contributed by atoms with van der Waals surface area (Å²) in [5.74, 6) is 1.35. The number of benzene rings is 1. The summed E-state index contributed by atoms with van der Waals surface area (Å²) in [5.41, 5.74) is 16.7. The lowest BCUT2D eigenvalue weighted by Gasteiger charge is -2.24. The van der Waals surface area contributed by atoms with Crippen LogP contribution in [0.25, 0.3) is 21.9 Å². The monoisotopic (exact) mass is 498 g/mol. The van der Waals surface area contributed by atoms with Gasteiger partial charge in [0.15, 0.2) is 5.79 Å². The molecule has 0 amide bonds. The minimum Gasteiger partial charge on any atom is -0.383 e. The molecule has 4 aromatic rings. The number of aromatic nitrogens is 4. The average Bonchev–Trinajstić information content (AvgIpc) is 3.10. The van der Waals surface area contributed by atoms with Crippen molar-refractivity contribution in [2.75, 3.05) is 11.5 Å². The van der Waals surface area contributed by atoms with Crippen molar-refractivity contribution in [2.45, 2.75) is 76.9 Å². The zero-order chi connectivity index (χ0) is 25.7. The van der Waals surface area contributed by atoms with Crippen molar-refractivity contribution in [3.8, 4) is 0 Å². The fourth-order valence-electron chi connectivity index (χ4n) is 7.10. The van der Waals surface area contributed by atoms with Gasteiger partial charge in [-0.05, 0) is 74.3 Å². The van der Waals surface area contributed by atoms with Crippen LogP contribution in [0.15, 0.2) is 42.9 Å². The van der Waals surface area contributed by atoms with Crippen LogP contribution in [0.2, 0.25) is 0 Å². The second-order valence-corrected chi connectivity index (χ2v) is 11.9. The summed E-state index contributed by atoms with van der Waals surface area (Å²) in [7, 11) is 0. The molecule has 5 atom stereocenters. The Balaban J connectivity index is 1.19. The Morgan fingerprint density at radius 3 is 2.73 bits per heavy atom. The van der Waals surface area contributed by atoms with Gasteiger partial charge in [-0.2, -0.15) is 0 Å². The van der Waals surface area contributed by atoms with E-state index in [4.69, 9.17) is 25.9 Å². The van der Waals surface area contributed by atoms with Gasteiger partial charge in [0, 0.05) is 17.0 Å². The van der Waals surface area contributed by atoms with Crippen LogP contribution in [0.3, 0.4) is 0 Å². The average molecular weight is 499 g/mol. The third-order valence-corrected chi connectivity index (χ3v) is 8.93. The van der Waals surface area contributed by atoms with Crippen molar-refractivity contribution in [1.82, 2.24) is 19.5 Å². The van der Waals surface area contributed by atoms with Gasteiger partial charge >= 0.3 is 0 Å². The number of aryl methyl sites for hydroxylation is 1. The number of fused-ring (bicyclic) bond motifs is 5. The summed E-state index contributed by atoms with van der Waals surface area (Å²) in [6.07, 6.45) is 6.78. The number of anilines is 2. The number of rotatable bonds is 5. The zero-order valence-corrected chi connectivity index (χ0v) is 21.8. The van der Waals surface area contributed by atoms with E-state index in [0.717, 1.165) is 46.8 Å². The molecule has 0 radical (unpaired) electrons. The highest BCUT2D eigenvalue weighted by atomic mass is 16.8. The predicted octanol–water partition coefficient (Wildman–Crippen LogP) is 4.98. The molecule has 3 aliphatic rings. The number of nitrogen functional groups attached to an aromatic ring is 2. The van der Waals surface area contributed by atoms with Crippen molar-refractivity contribution in [2.24, 2.45) is 11.3 Å². The molecule has 1 saturated heterocycles. The topological polar surface area (TPSA) is 114 Å². The molecule has 3 aromatic heterocycles. The second kappa shape index (κ2) is 7.65. The van der Waals surface area contributed by atoms with E-state index in [1.165, 1.54) is 5.56 Å². The van der Waals surface area contributed by atoms with Gasteiger partial charge < -0.3 is 25.5 Å². The molecular formula is C29H34N6O2. The summed E-state index contributed by atoms with van der Waals surface area (Å²) in [6.45, 7) is 8.34. The molecule has 0 spiro atoms. The third kappa shape index (κ3) is 3.38. The first-order valence-corrected chi connectivity index (χ1v) is 13.3. The zero-order valence-electron chi connectivity index (χ0n) is 21.8. The molecule has 4 heterocycles. The molecule has 2 saturated carbocycles. The predicted molar refractivity (Wildman–Crippen MR) is 144 cm³/mol. The van der Waals surface area contributed by atoms with Crippen molar-refractivity contribution >= 4 is 33.6 Å². The van der Waals surface area contributed by atoms with Crippen LogP contribution in [0.5, 0.6) is 0 Å². The molecule has 1 aromatic carbocycles. The molecule has 0 unspecified atom stereocenters. The van der Waals surface area contributed by atoms with E-state index in [0.29, 0.717) is 23.5 Å². The molecule has 37 heavy (non-hydrogen) atoms. The number of nitrogens with zero attached hydrogens (tertiary/aromatic N) is 4. The van der Waals surface area contributed by atoms with E-state index in [-0.39, 0.29) is 23.7 Å². The molecular weight excluding hydrogens is 464 g/mol. The van der Waals surface area contributed by atoms with E-state index in [1.54, 1.807) is 6.33 Å². The number of pyridine rings is 1. The van der Waals surface area contributed by atoms with Crippen LogP contribution >= 0.6 is 0 Å². The molecule has 1 aliphatic heterocycles. The molecule has 8 nitrogen and oxygen atoms in total. The Morgan fingerprint density at radius 2 is 1.92 bits per heavy atom. The van der Waals surface area contributed by atoms with Crippen LogP contribution in [0.1, 0.15) is 63.6 Å². The number of ether oxygens (including phenoxy) is 2. The Morgan fingerprint density at radius 1 is 1.08 bits per heavy atom. The first kappa shape index (κ1) is 22.9. The molecule has 8 heteroatoms. The summed E-state index contributed by atoms with van der Waals surface area (Å²) < 4.78 is 15.4. The minimum absolute atomic E-state index is 0.0203. The Kier molecular flexibility index (Phi) is 4.74. The Labute approximate surface area is 216 Å². The van der Waals surface area contributed by atoms with Gasteiger partial charge in [-0.3, -0.25) is 0 Å². The van der Waals surface area contributed by atoms with Crippen molar-refractivity contribution in [3.63, 3.8) is 0 Å². The van der Waals surface area contributed by atoms with Gasteiger partial charge in [-0.1, -0.05) is 26.0 Å². The molecule has 192 valence electrons. The maximum Gasteiger partial charge on any atom is 0.163 e. The van der Waals surface area contributed by atoms with Gasteiger partial charge in [-0.15, -0.1) is 0 Å². The highest BCUT2D eigenvalue weighted by molar-refractivity contribution is 5.86. The van der Waals surface area contributed by atoms with Crippen molar-refractivity contribution in [1.29, 1.82) is 0 Å². The lowest BCUT2D eigenvalue weighted by Crippen LogP contribution is -2.32. The van der Waals surface area contributed by atoms with Gasteiger partial charge in [0.25, 0.3) is 0 Å². The van der Waals surface area contributed by atoms with Gasteiger partial charge in [-0.25, -0.2) is 15.0 Å². The highest BCUT2D eigenvalue weighted by Crippen LogP contribution is 2.73. The summed E-state index contributed by atoms with van der Waals surface area (Å²) in [4.78, 5) is 13.5. The molecule has 0 bridgehead atoms. The van der Waals surface area contributed by atoms with E-state index in [9.17, 15) is 0 Å². The van der Waals surface area contributed by atoms with Crippen molar-refractivity contribution < 1.29 is 9.47 Å². The largest absolute Gasteiger partial charge is 0.383 e. The Bertz CT molecular complexity index is 1540. The first-order valence-electron chi connectivity index (χ1n) is 13.3. The smallest absolute Gasteiger partial charge is 0.163 e. The van der Waals surface area contributed by atoms with E-state index < -0.39 is 5.79 Å². The standard InChI is InChI=1S/C29H34N6O2/c1-15(2)19-12-17-6-5-16(11-21(17)34-26(19)31)7-9-29-13-20(29)22(23-24(29)37-28(3,4)36-23)35-10-8-18-25(30)32-14-33-27(18)35/h5-6,8,10-12,14-15,20,22-24H,7,9,13H2,1-4H3,(H2,31,34)(H2,30,32,33)/t20-,22-,23+,24+,29-/m1/s1. The molecule has 3 fully saturated rings. The summed E-state index contributed by atoms with van der Waals surface area (Å²) >= 11 is 0. The second-order valence-electron chi connectivity index (χ2n) is 11.9. The van der Waals surface area contributed by atoms with Crippen LogP contribution in [0, 0.1) is 11.3 Å².